The molecule has 4 heteroatoms. The van der Waals surface area contributed by atoms with Crippen LogP contribution < -0.4 is 5.32 Å². The highest BCUT2D eigenvalue weighted by molar-refractivity contribution is 7.10. The summed E-state index contributed by atoms with van der Waals surface area (Å²) in [6, 6.07) is 12.9. The molecular formula is C17H18N2OS. The summed E-state index contributed by atoms with van der Waals surface area (Å²) in [6.45, 7) is 4.47. The van der Waals surface area contributed by atoms with Crippen molar-refractivity contribution in [1.82, 2.24) is 4.98 Å². The van der Waals surface area contributed by atoms with Crippen molar-refractivity contribution in [2.75, 3.05) is 5.32 Å². The van der Waals surface area contributed by atoms with E-state index in [9.17, 15) is 0 Å². The van der Waals surface area contributed by atoms with E-state index in [4.69, 9.17) is 4.42 Å². The minimum absolute atomic E-state index is 0.334. The molecule has 1 N–H and O–H groups in total. The number of benzene rings is 1. The maximum atomic E-state index is 5.31. The average Bonchev–Trinajstić information content (AvgIpc) is 3.18. The Hall–Kier alpha value is -2.07. The van der Waals surface area contributed by atoms with Crippen molar-refractivity contribution in [2.45, 2.75) is 19.9 Å². The van der Waals surface area contributed by atoms with E-state index in [0.29, 0.717) is 12.0 Å². The molecule has 0 fully saturated rings. The van der Waals surface area contributed by atoms with Crippen molar-refractivity contribution < 1.29 is 4.42 Å². The first-order valence-electron chi connectivity index (χ1n) is 7.03. The van der Waals surface area contributed by atoms with Gasteiger partial charge in [-0.1, -0.05) is 19.9 Å². The molecule has 0 aliphatic rings. The van der Waals surface area contributed by atoms with E-state index in [-0.39, 0.29) is 0 Å². The quantitative estimate of drug-likeness (QED) is 0.702. The molecule has 0 saturated heterocycles. The summed E-state index contributed by atoms with van der Waals surface area (Å²) < 4.78 is 5.31. The molecule has 0 amide bonds. The highest BCUT2D eigenvalue weighted by Crippen LogP contribution is 2.30. The monoisotopic (exact) mass is 298 g/mol. The number of thiophene rings is 1. The zero-order valence-corrected chi connectivity index (χ0v) is 12.9. The van der Waals surface area contributed by atoms with Gasteiger partial charge in [-0.2, -0.15) is 0 Å². The number of nitrogens with zero attached hydrogens (tertiary/aromatic N) is 1. The van der Waals surface area contributed by atoms with Gasteiger partial charge in [0.15, 0.2) is 12.2 Å². The third kappa shape index (κ3) is 3.16. The van der Waals surface area contributed by atoms with Crippen molar-refractivity contribution in [3.05, 3.63) is 59.2 Å². The molecule has 3 rings (SSSR count). The normalized spacial score (nSPS) is 12.5. The Morgan fingerprint density at radius 1 is 1.14 bits per heavy atom. The van der Waals surface area contributed by atoms with Crippen molar-refractivity contribution in [3.63, 3.8) is 0 Å². The average molecular weight is 298 g/mol. The fraction of sp³-hybridized carbons (Fsp3) is 0.235. The highest BCUT2D eigenvalue weighted by atomic mass is 32.1. The fourth-order valence-corrected chi connectivity index (χ4v) is 3.25. The largest absolute Gasteiger partial charge is 0.444 e. The van der Waals surface area contributed by atoms with E-state index in [1.807, 2.05) is 0 Å². The number of nitrogens with one attached hydrogen (secondary N) is 1. The van der Waals surface area contributed by atoms with Crippen LogP contribution in [0.2, 0.25) is 0 Å². The SMILES string of the molecule is CC(C)C(Nc1ccc(-c2cnco2)cc1)c1cccs1. The van der Waals surface area contributed by atoms with Crippen LogP contribution in [-0.4, -0.2) is 4.98 Å². The first-order valence-corrected chi connectivity index (χ1v) is 7.91. The van der Waals surface area contributed by atoms with Crippen LogP contribution in [0.4, 0.5) is 5.69 Å². The van der Waals surface area contributed by atoms with Crippen LogP contribution in [0.25, 0.3) is 11.3 Å². The van der Waals surface area contributed by atoms with E-state index >= 15 is 0 Å². The van der Waals surface area contributed by atoms with E-state index < -0.39 is 0 Å². The van der Waals surface area contributed by atoms with Gasteiger partial charge in [0, 0.05) is 16.1 Å². The molecule has 2 heterocycles. The molecule has 0 saturated carbocycles. The molecule has 1 unspecified atom stereocenters. The Bertz CT molecular complexity index is 657. The summed E-state index contributed by atoms with van der Waals surface area (Å²) in [6.07, 6.45) is 3.18. The van der Waals surface area contributed by atoms with Gasteiger partial charge in [-0.25, -0.2) is 4.98 Å². The number of aromatic nitrogens is 1. The minimum atomic E-state index is 0.334. The Labute approximate surface area is 128 Å². The van der Waals surface area contributed by atoms with Crippen LogP contribution >= 0.6 is 11.3 Å². The van der Waals surface area contributed by atoms with Crippen LogP contribution in [-0.2, 0) is 0 Å². The van der Waals surface area contributed by atoms with Crippen molar-refractivity contribution in [3.8, 4) is 11.3 Å². The predicted octanol–water partition coefficient (Wildman–Crippen LogP) is 5.21. The minimum Gasteiger partial charge on any atom is -0.444 e. The van der Waals surface area contributed by atoms with Crippen molar-refractivity contribution >= 4 is 17.0 Å². The first-order chi connectivity index (χ1) is 10.2. The third-order valence-corrected chi connectivity index (χ3v) is 4.40. The third-order valence-electron chi connectivity index (χ3n) is 3.44. The number of anilines is 1. The Kier molecular flexibility index (Phi) is 4.06. The molecule has 3 aromatic rings. The summed E-state index contributed by atoms with van der Waals surface area (Å²) in [5.41, 5.74) is 2.15. The molecular weight excluding hydrogens is 280 g/mol. The van der Waals surface area contributed by atoms with E-state index in [0.717, 1.165) is 17.0 Å². The first kappa shape index (κ1) is 13.9. The molecule has 3 nitrogen and oxygen atoms in total. The Morgan fingerprint density at radius 2 is 1.95 bits per heavy atom. The van der Waals surface area contributed by atoms with Crippen LogP contribution in [0.3, 0.4) is 0 Å². The second-order valence-corrected chi connectivity index (χ2v) is 6.30. The lowest BCUT2D eigenvalue weighted by Crippen LogP contribution is -2.15. The number of hydrogen-bond acceptors (Lipinski definition) is 4. The second kappa shape index (κ2) is 6.14. The zero-order valence-electron chi connectivity index (χ0n) is 12.1. The lowest BCUT2D eigenvalue weighted by Gasteiger charge is -2.22. The summed E-state index contributed by atoms with van der Waals surface area (Å²) in [5, 5.41) is 5.74. The van der Waals surface area contributed by atoms with E-state index in [1.54, 1.807) is 17.5 Å². The molecule has 2 aromatic heterocycles. The van der Waals surface area contributed by atoms with Crippen LogP contribution in [0.5, 0.6) is 0 Å². The van der Waals surface area contributed by atoms with Gasteiger partial charge in [-0.3, -0.25) is 0 Å². The summed E-state index contributed by atoms with van der Waals surface area (Å²) in [4.78, 5) is 5.31. The highest BCUT2D eigenvalue weighted by Gasteiger charge is 2.16. The van der Waals surface area contributed by atoms with Crippen LogP contribution in [0.15, 0.2) is 58.8 Å². The van der Waals surface area contributed by atoms with Gasteiger partial charge in [0.25, 0.3) is 0 Å². The number of oxazole rings is 1. The molecule has 1 atom stereocenters. The standard InChI is InChI=1S/C17H18N2OS/c1-12(2)17(16-4-3-9-21-16)19-14-7-5-13(6-8-14)15-10-18-11-20-15/h3-12,17,19H,1-2H3. The maximum absolute atomic E-state index is 5.31. The van der Waals surface area contributed by atoms with E-state index in [1.165, 1.54) is 11.3 Å². The molecule has 108 valence electrons. The van der Waals surface area contributed by atoms with Crippen molar-refractivity contribution in [2.24, 2.45) is 5.92 Å². The van der Waals surface area contributed by atoms with E-state index in [2.05, 4.69) is 65.9 Å². The molecule has 21 heavy (non-hydrogen) atoms. The van der Waals surface area contributed by atoms with Gasteiger partial charge < -0.3 is 9.73 Å². The van der Waals surface area contributed by atoms with Gasteiger partial charge in [0.1, 0.15) is 0 Å². The number of hydrogen-bond donors (Lipinski definition) is 1. The second-order valence-electron chi connectivity index (χ2n) is 5.32. The Morgan fingerprint density at radius 3 is 2.52 bits per heavy atom. The van der Waals surface area contributed by atoms with Crippen molar-refractivity contribution in [1.29, 1.82) is 0 Å². The zero-order chi connectivity index (χ0) is 14.7. The number of rotatable bonds is 5. The smallest absolute Gasteiger partial charge is 0.181 e. The lowest BCUT2D eigenvalue weighted by atomic mass is 10.0. The maximum Gasteiger partial charge on any atom is 0.181 e. The Balaban J connectivity index is 1.78. The van der Waals surface area contributed by atoms with Gasteiger partial charge in [0.2, 0.25) is 0 Å². The molecule has 0 aliphatic carbocycles. The molecule has 1 aromatic carbocycles. The van der Waals surface area contributed by atoms with Gasteiger partial charge in [-0.05, 0) is 41.6 Å². The topological polar surface area (TPSA) is 38.1 Å². The molecule has 0 spiro atoms. The predicted molar refractivity (Wildman–Crippen MR) is 87.5 cm³/mol. The summed E-state index contributed by atoms with van der Waals surface area (Å²) in [7, 11) is 0. The van der Waals surface area contributed by atoms with Gasteiger partial charge >= 0.3 is 0 Å². The molecule has 0 bridgehead atoms. The van der Waals surface area contributed by atoms with Gasteiger partial charge in [0.05, 0.1) is 12.2 Å². The lowest BCUT2D eigenvalue weighted by molar-refractivity contribution is 0.554. The molecule has 0 radical (unpaired) electrons. The van der Waals surface area contributed by atoms with Crippen LogP contribution in [0.1, 0.15) is 24.8 Å². The molecule has 0 aliphatic heterocycles. The van der Waals surface area contributed by atoms with Gasteiger partial charge in [-0.15, -0.1) is 11.3 Å². The summed E-state index contributed by atoms with van der Waals surface area (Å²) in [5.74, 6) is 1.32. The fourth-order valence-electron chi connectivity index (χ4n) is 2.30. The van der Waals surface area contributed by atoms with Crippen LogP contribution in [0, 0.1) is 5.92 Å². The summed E-state index contributed by atoms with van der Waals surface area (Å²) >= 11 is 1.79.